The van der Waals surface area contributed by atoms with E-state index in [0.717, 1.165) is 93.2 Å². The van der Waals surface area contributed by atoms with E-state index >= 15 is 0 Å². The van der Waals surface area contributed by atoms with E-state index in [1.54, 1.807) is 0 Å². The lowest BCUT2D eigenvalue weighted by Crippen LogP contribution is -2.00. The van der Waals surface area contributed by atoms with Gasteiger partial charge in [-0.25, -0.2) is 15.0 Å². The molecule has 0 bridgehead atoms. The van der Waals surface area contributed by atoms with Crippen LogP contribution in [0.5, 0.6) is 0 Å². The Kier molecular flexibility index (Phi) is 6.18. The van der Waals surface area contributed by atoms with Gasteiger partial charge in [0.1, 0.15) is 22.3 Å². The summed E-state index contributed by atoms with van der Waals surface area (Å²) < 4.78 is 12.5. The first-order chi connectivity index (χ1) is 25.7. The quantitative estimate of drug-likeness (QED) is 0.187. The van der Waals surface area contributed by atoms with Crippen molar-refractivity contribution in [2.24, 2.45) is 0 Å². The molecular formula is C47H27N3O2. The van der Waals surface area contributed by atoms with Gasteiger partial charge in [-0.3, -0.25) is 0 Å². The number of fused-ring (bicyclic) bond motifs is 9. The van der Waals surface area contributed by atoms with Crippen LogP contribution in [-0.4, -0.2) is 15.0 Å². The highest BCUT2D eigenvalue weighted by Gasteiger charge is 2.19. The normalized spacial score (nSPS) is 11.8. The number of hydrogen-bond acceptors (Lipinski definition) is 5. The van der Waals surface area contributed by atoms with Crippen molar-refractivity contribution in [3.63, 3.8) is 0 Å². The molecule has 0 N–H and O–H groups in total. The van der Waals surface area contributed by atoms with Crippen LogP contribution < -0.4 is 0 Å². The molecule has 0 atom stereocenters. The van der Waals surface area contributed by atoms with Gasteiger partial charge in [0.2, 0.25) is 0 Å². The van der Waals surface area contributed by atoms with E-state index in [4.69, 9.17) is 23.8 Å². The number of benzene rings is 8. The molecule has 5 heteroatoms. The van der Waals surface area contributed by atoms with E-state index in [0.29, 0.717) is 17.5 Å². The third-order valence-corrected chi connectivity index (χ3v) is 10.1. The Morgan fingerprint density at radius 2 is 0.885 bits per heavy atom. The summed E-state index contributed by atoms with van der Waals surface area (Å²) in [5.41, 5.74) is 8.44. The highest BCUT2D eigenvalue weighted by Crippen LogP contribution is 2.41. The molecule has 0 fully saturated rings. The topological polar surface area (TPSA) is 65.0 Å². The van der Waals surface area contributed by atoms with Crippen LogP contribution in [0.25, 0.3) is 111 Å². The van der Waals surface area contributed by atoms with E-state index < -0.39 is 0 Å². The molecule has 0 spiro atoms. The van der Waals surface area contributed by atoms with E-state index in [-0.39, 0.29) is 0 Å². The fourth-order valence-corrected chi connectivity index (χ4v) is 7.70. The Hall–Kier alpha value is -7.11. The van der Waals surface area contributed by atoms with Gasteiger partial charge in [-0.1, -0.05) is 121 Å². The molecule has 0 saturated carbocycles. The first-order valence-electron chi connectivity index (χ1n) is 17.3. The Labute approximate surface area is 297 Å². The molecule has 8 aromatic carbocycles. The summed E-state index contributed by atoms with van der Waals surface area (Å²) in [5.74, 6) is 1.84. The highest BCUT2D eigenvalue weighted by molar-refractivity contribution is 6.19. The Morgan fingerprint density at radius 1 is 0.308 bits per heavy atom. The van der Waals surface area contributed by atoms with E-state index in [2.05, 4.69) is 103 Å². The molecular weight excluding hydrogens is 639 g/mol. The van der Waals surface area contributed by atoms with Crippen LogP contribution in [0.4, 0.5) is 0 Å². The molecule has 5 nitrogen and oxygen atoms in total. The summed E-state index contributed by atoms with van der Waals surface area (Å²) in [5, 5.41) is 8.88. The molecule has 0 radical (unpaired) electrons. The lowest BCUT2D eigenvalue weighted by molar-refractivity contribution is 0.668. The lowest BCUT2D eigenvalue weighted by atomic mass is 9.92. The number of nitrogens with zero attached hydrogens (tertiary/aromatic N) is 3. The lowest BCUT2D eigenvalue weighted by Gasteiger charge is -2.13. The number of hydrogen-bond donors (Lipinski definition) is 0. The average Bonchev–Trinajstić information content (AvgIpc) is 3.79. The van der Waals surface area contributed by atoms with Crippen LogP contribution in [0, 0.1) is 0 Å². The zero-order chi connectivity index (χ0) is 34.2. The van der Waals surface area contributed by atoms with Gasteiger partial charge in [0.25, 0.3) is 0 Å². The minimum absolute atomic E-state index is 0.608. The summed E-state index contributed by atoms with van der Waals surface area (Å²) in [6, 6.07) is 56.3. The minimum atomic E-state index is 0.608. The number of furan rings is 2. The summed E-state index contributed by atoms with van der Waals surface area (Å²) in [7, 11) is 0. The fourth-order valence-electron chi connectivity index (χ4n) is 7.70. The summed E-state index contributed by atoms with van der Waals surface area (Å²) in [6.07, 6.45) is 0. The SMILES string of the molecule is c1ccc(-c2nc(-c3cc(-c4cccc5oc6ccccc6c45)c4ccccc4c3)nc(-c3ccc4c(ccc5oc6ccccc6c54)c3)n2)cc1. The molecule has 0 aliphatic rings. The minimum Gasteiger partial charge on any atom is -0.456 e. The largest absolute Gasteiger partial charge is 0.456 e. The number of para-hydroxylation sites is 2. The van der Waals surface area contributed by atoms with Gasteiger partial charge < -0.3 is 8.83 Å². The zero-order valence-electron chi connectivity index (χ0n) is 27.7. The third kappa shape index (κ3) is 4.46. The van der Waals surface area contributed by atoms with Crippen LogP contribution in [0.15, 0.2) is 173 Å². The molecule has 0 aliphatic heterocycles. The van der Waals surface area contributed by atoms with Crippen LogP contribution in [0.2, 0.25) is 0 Å². The van der Waals surface area contributed by atoms with Crippen molar-refractivity contribution < 1.29 is 8.83 Å². The van der Waals surface area contributed by atoms with Crippen LogP contribution >= 0.6 is 0 Å². The van der Waals surface area contributed by atoms with Crippen LogP contribution in [0.3, 0.4) is 0 Å². The maximum atomic E-state index is 6.30. The van der Waals surface area contributed by atoms with E-state index in [1.165, 1.54) is 0 Å². The predicted molar refractivity (Wildman–Crippen MR) is 211 cm³/mol. The van der Waals surface area contributed by atoms with Crippen LogP contribution in [0.1, 0.15) is 0 Å². The standard InChI is InChI=1S/C47H27N3O2/c1-2-11-28(12-3-1)45-48-46(31-21-23-34-30(25-31)22-24-42-43(34)36-15-6-8-18-39(36)52-42)50-47(49-45)32-26-29-13-4-5-14-33(29)38(27-32)35-17-10-20-41-44(35)37-16-7-9-19-40(37)51-41/h1-27H. The molecule has 242 valence electrons. The highest BCUT2D eigenvalue weighted by atomic mass is 16.3. The molecule has 11 aromatic rings. The molecule has 3 heterocycles. The molecule has 0 aliphatic carbocycles. The molecule has 52 heavy (non-hydrogen) atoms. The second kappa shape index (κ2) is 11.2. The maximum Gasteiger partial charge on any atom is 0.164 e. The van der Waals surface area contributed by atoms with E-state index in [9.17, 15) is 0 Å². The molecule has 0 amide bonds. The van der Waals surface area contributed by atoms with Gasteiger partial charge in [-0.05, 0) is 75.1 Å². The Balaban J connectivity index is 1.14. The first kappa shape index (κ1) is 28.7. The maximum absolute atomic E-state index is 6.30. The summed E-state index contributed by atoms with van der Waals surface area (Å²) in [4.78, 5) is 15.4. The zero-order valence-corrected chi connectivity index (χ0v) is 27.7. The number of aromatic nitrogens is 3. The monoisotopic (exact) mass is 665 g/mol. The predicted octanol–water partition coefficient (Wildman–Crippen LogP) is 12.6. The van der Waals surface area contributed by atoms with Crippen molar-refractivity contribution >= 4 is 65.4 Å². The van der Waals surface area contributed by atoms with Crippen molar-refractivity contribution in [2.75, 3.05) is 0 Å². The van der Waals surface area contributed by atoms with E-state index in [1.807, 2.05) is 60.7 Å². The van der Waals surface area contributed by atoms with Crippen molar-refractivity contribution in [3.05, 3.63) is 164 Å². The van der Waals surface area contributed by atoms with Crippen LogP contribution in [-0.2, 0) is 0 Å². The van der Waals surface area contributed by atoms with Gasteiger partial charge >= 0.3 is 0 Å². The second-order valence-electron chi connectivity index (χ2n) is 13.2. The van der Waals surface area contributed by atoms with Gasteiger partial charge in [0, 0.05) is 38.2 Å². The molecule has 0 saturated heterocycles. The number of rotatable bonds is 4. The van der Waals surface area contributed by atoms with Gasteiger partial charge in [-0.15, -0.1) is 0 Å². The summed E-state index contributed by atoms with van der Waals surface area (Å²) in [6.45, 7) is 0. The Bertz CT molecular complexity index is 3190. The fraction of sp³-hybridized carbons (Fsp3) is 0. The van der Waals surface area contributed by atoms with Gasteiger partial charge in [0.05, 0.1) is 0 Å². The second-order valence-corrected chi connectivity index (χ2v) is 13.2. The molecule has 0 unspecified atom stereocenters. The smallest absolute Gasteiger partial charge is 0.164 e. The van der Waals surface area contributed by atoms with Crippen molar-refractivity contribution in [1.82, 2.24) is 15.0 Å². The molecule has 3 aromatic heterocycles. The van der Waals surface area contributed by atoms with Gasteiger partial charge in [-0.2, -0.15) is 0 Å². The summed E-state index contributed by atoms with van der Waals surface area (Å²) >= 11 is 0. The van der Waals surface area contributed by atoms with Crippen molar-refractivity contribution in [3.8, 4) is 45.3 Å². The molecule has 11 rings (SSSR count). The van der Waals surface area contributed by atoms with Gasteiger partial charge in [0.15, 0.2) is 17.5 Å². The third-order valence-electron chi connectivity index (χ3n) is 10.1. The first-order valence-corrected chi connectivity index (χ1v) is 17.3. The Morgan fingerprint density at radius 3 is 1.67 bits per heavy atom. The van der Waals surface area contributed by atoms with Crippen molar-refractivity contribution in [2.45, 2.75) is 0 Å². The van der Waals surface area contributed by atoms with Crippen molar-refractivity contribution in [1.29, 1.82) is 0 Å². The average molecular weight is 666 g/mol.